The number of rotatable bonds is 5. The van der Waals surface area contributed by atoms with Gasteiger partial charge >= 0.3 is 6.36 Å². The number of alkyl halides is 3. The lowest BCUT2D eigenvalue weighted by Gasteiger charge is -2.36. The predicted molar refractivity (Wildman–Crippen MR) is 104 cm³/mol. The van der Waals surface area contributed by atoms with Crippen LogP contribution in [0.5, 0.6) is 5.75 Å². The van der Waals surface area contributed by atoms with Gasteiger partial charge in [0.1, 0.15) is 11.3 Å². The van der Waals surface area contributed by atoms with Crippen LogP contribution in [-0.4, -0.2) is 41.3 Å². The summed E-state index contributed by atoms with van der Waals surface area (Å²) in [6, 6.07) is 12.9. The van der Waals surface area contributed by atoms with Gasteiger partial charge in [-0.25, -0.2) is 0 Å². The molecule has 0 bridgehead atoms. The molecule has 0 aliphatic carbocycles. The quantitative estimate of drug-likeness (QED) is 0.642. The predicted octanol–water partition coefficient (Wildman–Crippen LogP) is 4.83. The van der Waals surface area contributed by atoms with Crippen LogP contribution in [0.4, 0.5) is 19.2 Å². The van der Waals surface area contributed by atoms with Crippen LogP contribution in [0.25, 0.3) is 11.1 Å². The van der Waals surface area contributed by atoms with E-state index in [2.05, 4.69) is 15.0 Å². The average Bonchev–Trinajstić information content (AvgIpc) is 3.14. The van der Waals surface area contributed by atoms with Gasteiger partial charge in [-0.15, -0.1) is 13.2 Å². The number of nitrogens with one attached hydrogen (secondary N) is 1. The van der Waals surface area contributed by atoms with Gasteiger partial charge in [-0.05, 0) is 43.5 Å². The van der Waals surface area contributed by atoms with Crippen LogP contribution >= 0.6 is 0 Å². The molecule has 1 aromatic heterocycles. The maximum Gasteiger partial charge on any atom is 0.573 e. The van der Waals surface area contributed by atoms with Crippen molar-refractivity contribution in [2.45, 2.75) is 31.7 Å². The van der Waals surface area contributed by atoms with Crippen molar-refractivity contribution in [2.24, 2.45) is 0 Å². The zero-order valence-electron chi connectivity index (χ0n) is 16.0. The zero-order chi connectivity index (χ0) is 21.1. The van der Waals surface area contributed by atoms with Crippen LogP contribution in [0, 0.1) is 0 Å². The first-order valence-electron chi connectivity index (χ1n) is 9.66. The van der Waals surface area contributed by atoms with Gasteiger partial charge in [0.05, 0.1) is 5.56 Å². The molecule has 3 aromatic rings. The van der Waals surface area contributed by atoms with Crippen molar-refractivity contribution in [3.8, 4) is 5.75 Å². The minimum atomic E-state index is -4.87. The maximum atomic E-state index is 13.1. The molecule has 1 saturated heterocycles. The number of amides is 1. The van der Waals surface area contributed by atoms with E-state index in [4.69, 9.17) is 4.42 Å². The summed E-state index contributed by atoms with van der Waals surface area (Å²) >= 11 is 0. The summed E-state index contributed by atoms with van der Waals surface area (Å²) < 4.78 is 47.9. The lowest BCUT2D eigenvalue weighted by molar-refractivity contribution is -0.274. The number of piperidine rings is 1. The number of halogens is 3. The number of fused-ring (bicyclic) bond motifs is 1. The first-order chi connectivity index (χ1) is 14.4. The summed E-state index contributed by atoms with van der Waals surface area (Å²) in [5.74, 6) is -0.981. The number of ether oxygens (including phenoxy) is 1. The molecule has 1 atom stereocenters. The molecular weight excluding hydrogens is 399 g/mol. The van der Waals surface area contributed by atoms with Crippen molar-refractivity contribution in [3.63, 3.8) is 0 Å². The lowest BCUT2D eigenvalue weighted by atomic mass is 10.0. The number of para-hydroxylation sites is 3. The number of benzene rings is 2. The molecule has 0 saturated carbocycles. The van der Waals surface area contributed by atoms with Crippen LogP contribution in [0.15, 0.2) is 52.9 Å². The van der Waals surface area contributed by atoms with Crippen molar-refractivity contribution in [1.29, 1.82) is 0 Å². The second-order valence-electron chi connectivity index (χ2n) is 7.06. The first kappa shape index (κ1) is 20.1. The zero-order valence-corrected chi connectivity index (χ0v) is 16.0. The minimum Gasteiger partial charge on any atom is -0.424 e. The van der Waals surface area contributed by atoms with E-state index >= 15 is 0 Å². The highest BCUT2D eigenvalue weighted by molar-refractivity contribution is 5.97. The van der Waals surface area contributed by atoms with Gasteiger partial charge in [-0.1, -0.05) is 24.3 Å². The van der Waals surface area contributed by atoms with Crippen molar-refractivity contribution in [2.75, 3.05) is 18.4 Å². The highest BCUT2D eigenvalue weighted by Crippen LogP contribution is 2.29. The average molecular weight is 419 g/mol. The maximum absolute atomic E-state index is 13.1. The third-order valence-electron chi connectivity index (χ3n) is 5.01. The first-order valence-corrected chi connectivity index (χ1v) is 9.66. The van der Waals surface area contributed by atoms with E-state index in [1.165, 1.54) is 18.2 Å². The van der Waals surface area contributed by atoms with E-state index in [-0.39, 0.29) is 11.6 Å². The molecule has 0 radical (unpaired) electrons. The second kappa shape index (κ2) is 8.25. The highest BCUT2D eigenvalue weighted by Gasteiger charge is 2.35. The summed E-state index contributed by atoms with van der Waals surface area (Å²) in [6.45, 7) is 0.833. The third kappa shape index (κ3) is 4.50. The van der Waals surface area contributed by atoms with Crippen LogP contribution in [-0.2, 0) is 0 Å². The molecule has 0 spiro atoms. The fraction of sp³-hybridized carbons (Fsp3) is 0.333. The molecule has 6 nitrogen and oxygen atoms in total. The molecule has 1 unspecified atom stereocenters. The number of carbonyl (C=O) groups excluding carboxylic acids is 1. The Labute approximate surface area is 170 Å². The molecule has 158 valence electrons. The molecular formula is C21H20F3N3O3. The molecule has 1 aliphatic heterocycles. The highest BCUT2D eigenvalue weighted by atomic mass is 19.4. The van der Waals surface area contributed by atoms with E-state index in [0.717, 1.165) is 30.8 Å². The van der Waals surface area contributed by atoms with E-state index in [9.17, 15) is 18.0 Å². The van der Waals surface area contributed by atoms with Crippen molar-refractivity contribution >= 4 is 23.0 Å². The van der Waals surface area contributed by atoms with Crippen LogP contribution in [0.3, 0.4) is 0 Å². The van der Waals surface area contributed by atoms with Crippen molar-refractivity contribution in [3.05, 3.63) is 54.1 Å². The summed E-state index contributed by atoms with van der Waals surface area (Å²) in [7, 11) is 0. The number of anilines is 1. The number of nitrogens with zero attached hydrogens (tertiary/aromatic N) is 2. The third-order valence-corrected chi connectivity index (χ3v) is 5.01. The number of oxazole rings is 1. The molecule has 1 fully saturated rings. The van der Waals surface area contributed by atoms with Gasteiger partial charge in [-0.3, -0.25) is 4.79 Å². The lowest BCUT2D eigenvalue weighted by Crippen LogP contribution is -2.47. The Morgan fingerprint density at radius 1 is 1.17 bits per heavy atom. The van der Waals surface area contributed by atoms with Crippen LogP contribution in [0.2, 0.25) is 0 Å². The fourth-order valence-corrected chi connectivity index (χ4v) is 3.64. The van der Waals surface area contributed by atoms with Gasteiger partial charge in [0.15, 0.2) is 5.58 Å². The van der Waals surface area contributed by atoms with Gasteiger partial charge < -0.3 is 19.4 Å². The standard InChI is InChI=1S/C21H20F3N3O3/c22-21(23,24)30-17-10-3-1-8-15(17)19(28)27-12-6-5-7-14(27)13-25-20-26-16-9-2-4-11-18(16)29-20/h1-4,8-11,14H,5-7,12-13H2,(H,25,26). The molecule has 1 N–H and O–H groups in total. The van der Waals surface area contributed by atoms with Gasteiger partial charge in [0.2, 0.25) is 0 Å². The summed E-state index contributed by atoms with van der Waals surface area (Å²) in [4.78, 5) is 19.0. The Morgan fingerprint density at radius 3 is 2.73 bits per heavy atom. The second-order valence-corrected chi connectivity index (χ2v) is 7.06. The molecule has 1 aliphatic rings. The van der Waals surface area contributed by atoms with Gasteiger partial charge in [0.25, 0.3) is 11.9 Å². The number of likely N-dealkylation sites (tertiary alicyclic amines) is 1. The number of carbonyl (C=O) groups is 1. The Hall–Kier alpha value is -3.23. The number of aromatic nitrogens is 1. The molecule has 4 rings (SSSR count). The molecule has 30 heavy (non-hydrogen) atoms. The Kier molecular flexibility index (Phi) is 5.52. The van der Waals surface area contributed by atoms with Crippen LogP contribution in [0.1, 0.15) is 29.6 Å². The molecule has 1 amide bonds. The number of hydrogen-bond donors (Lipinski definition) is 1. The van der Waals surface area contributed by atoms with E-state index in [0.29, 0.717) is 24.7 Å². The molecule has 2 heterocycles. The molecule has 2 aromatic carbocycles. The van der Waals surface area contributed by atoms with Crippen molar-refractivity contribution in [1.82, 2.24) is 9.88 Å². The largest absolute Gasteiger partial charge is 0.573 e. The van der Waals surface area contributed by atoms with E-state index in [1.54, 1.807) is 4.90 Å². The summed E-state index contributed by atoms with van der Waals surface area (Å²) in [5.41, 5.74) is 1.26. The normalized spacial score (nSPS) is 17.2. The fourth-order valence-electron chi connectivity index (χ4n) is 3.64. The summed E-state index contributed by atoms with van der Waals surface area (Å²) in [6.07, 6.45) is -2.44. The van der Waals surface area contributed by atoms with Crippen molar-refractivity contribution < 1.29 is 27.1 Å². The monoisotopic (exact) mass is 419 g/mol. The Bertz CT molecular complexity index is 1000. The minimum absolute atomic E-state index is 0.108. The Balaban J connectivity index is 1.50. The van der Waals surface area contributed by atoms with Gasteiger partial charge in [0, 0.05) is 19.1 Å². The SMILES string of the molecule is O=C(c1ccccc1OC(F)(F)F)N1CCCCC1CNc1nc2ccccc2o1. The Morgan fingerprint density at radius 2 is 1.93 bits per heavy atom. The van der Waals surface area contributed by atoms with E-state index < -0.39 is 18.0 Å². The smallest absolute Gasteiger partial charge is 0.424 e. The van der Waals surface area contributed by atoms with Gasteiger partial charge in [-0.2, -0.15) is 4.98 Å². The van der Waals surface area contributed by atoms with Crippen LogP contribution < -0.4 is 10.1 Å². The topological polar surface area (TPSA) is 67.6 Å². The van der Waals surface area contributed by atoms with E-state index in [1.807, 2.05) is 24.3 Å². The summed E-state index contributed by atoms with van der Waals surface area (Å²) in [5, 5.41) is 3.11. The number of hydrogen-bond acceptors (Lipinski definition) is 5. The molecule has 9 heteroatoms.